The Labute approximate surface area is 136 Å². The summed E-state index contributed by atoms with van der Waals surface area (Å²) >= 11 is 0. The Morgan fingerprint density at radius 3 is 2.29 bits per heavy atom. The van der Waals surface area contributed by atoms with E-state index in [4.69, 9.17) is 0 Å². The molecule has 1 aliphatic heterocycles. The molecule has 0 saturated carbocycles. The van der Waals surface area contributed by atoms with Crippen LogP contribution in [0.1, 0.15) is 34.9 Å². The van der Waals surface area contributed by atoms with Gasteiger partial charge in [-0.1, -0.05) is 54.6 Å². The molecule has 0 spiro atoms. The van der Waals surface area contributed by atoms with Crippen molar-refractivity contribution >= 4 is 17.0 Å². The molecule has 1 fully saturated rings. The number of rotatable bonds is 1. The summed E-state index contributed by atoms with van der Waals surface area (Å²) in [7, 11) is 0. The van der Waals surface area contributed by atoms with Crippen LogP contribution < -0.4 is 5.32 Å². The first-order valence-corrected chi connectivity index (χ1v) is 7.29. The van der Waals surface area contributed by atoms with E-state index in [0.29, 0.717) is 5.92 Å². The Hall–Kier alpha value is -1.16. The van der Waals surface area contributed by atoms with Gasteiger partial charge in [-0.15, -0.1) is 17.0 Å². The summed E-state index contributed by atoms with van der Waals surface area (Å²) in [6.45, 7) is 2.32. The number of benzene rings is 2. The molecule has 1 saturated heterocycles. The van der Waals surface area contributed by atoms with E-state index in [1.165, 1.54) is 12.0 Å². The predicted octanol–water partition coefficient (Wildman–Crippen LogP) is 3.28. The van der Waals surface area contributed by atoms with Crippen molar-refractivity contribution in [2.75, 3.05) is 13.1 Å². The van der Waals surface area contributed by atoms with E-state index in [-0.39, 0.29) is 22.5 Å². The van der Waals surface area contributed by atoms with E-state index < -0.39 is 0 Å². The molecule has 4 rings (SSSR count). The van der Waals surface area contributed by atoms with Gasteiger partial charge in [-0.3, -0.25) is 0 Å². The third kappa shape index (κ3) is 2.66. The van der Waals surface area contributed by atoms with Crippen molar-refractivity contribution in [1.29, 1.82) is 0 Å². The van der Waals surface area contributed by atoms with Gasteiger partial charge in [-0.25, -0.2) is 0 Å². The molecule has 21 heavy (non-hydrogen) atoms. The third-order valence-electron chi connectivity index (χ3n) is 4.85. The second-order valence-corrected chi connectivity index (χ2v) is 5.78. The average molecular weight is 348 g/mol. The molecule has 1 aliphatic carbocycles. The van der Waals surface area contributed by atoms with Crippen molar-refractivity contribution < 1.29 is 5.48 Å². The molecule has 0 aromatic heterocycles. The summed E-state index contributed by atoms with van der Waals surface area (Å²) in [5.41, 5.74) is 4.64. The zero-order valence-electron chi connectivity index (χ0n) is 12.0. The lowest BCUT2D eigenvalue weighted by Gasteiger charge is -2.30. The normalized spacial score (nSPS) is 26.0. The van der Waals surface area contributed by atoms with E-state index in [1.54, 1.807) is 11.1 Å². The Kier molecular flexibility index (Phi) is 5.20. The average Bonchev–Trinajstić information content (AvgIpc) is 2.83. The monoisotopic (exact) mass is 347 g/mol. The molecule has 3 N–H and O–H groups in total. The molecular formula is C18H22BrNO. The fraction of sp³-hybridized carbons (Fsp3) is 0.333. The van der Waals surface area contributed by atoms with Crippen molar-refractivity contribution in [3.8, 4) is 0 Å². The topological polar surface area (TPSA) is 43.5 Å². The van der Waals surface area contributed by atoms with Crippen LogP contribution >= 0.6 is 17.0 Å². The molecule has 3 atom stereocenters. The molecule has 112 valence electrons. The number of piperidine rings is 1. The minimum Gasteiger partial charge on any atom is -0.412 e. The molecule has 0 amide bonds. The fourth-order valence-electron chi connectivity index (χ4n) is 4.07. The van der Waals surface area contributed by atoms with E-state index in [9.17, 15) is 0 Å². The van der Waals surface area contributed by atoms with Crippen molar-refractivity contribution in [2.45, 2.75) is 18.3 Å². The highest BCUT2D eigenvalue weighted by Gasteiger charge is 2.41. The lowest BCUT2D eigenvalue weighted by atomic mass is 9.79. The first kappa shape index (κ1) is 16.2. The van der Waals surface area contributed by atoms with Gasteiger partial charge in [0.1, 0.15) is 0 Å². The molecule has 0 bridgehead atoms. The van der Waals surface area contributed by atoms with Crippen LogP contribution in [-0.4, -0.2) is 18.6 Å². The van der Waals surface area contributed by atoms with Gasteiger partial charge in [0.2, 0.25) is 0 Å². The number of halogens is 1. The Morgan fingerprint density at radius 2 is 1.52 bits per heavy atom. The minimum absolute atomic E-state index is 0. The van der Waals surface area contributed by atoms with Crippen LogP contribution in [0.5, 0.6) is 0 Å². The molecule has 3 heteroatoms. The van der Waals surface area contributed by atoms with E-state index in [1.807, 2.05) is 0 Å². The maximum absolute atomic E-state index is 3.59. The number of hydrogen-bond acceptors (Lipinski definition) is 1. The lowest BCUT2D eigenvalue weighted by molar-refractivity contribution is 0.327. The van der Waals surface area contributed by atoms with Gasteiger partial charge < -0.3 is 10.8 Å². The van der Waals surface area contributed by atoms with Crippen molar-refractivity contribution in [1.82, 2.24) is 5.32 Å². The first-order chi connectivity index (χ1) is 9.45. The summed E-state index contributed by atoms with van der Waals surface area (Å²) in [6, 6.07) is 20.1. The van der Waals surface area contributed by atoms with E-state index >= 15 is 0 Å². The molecule has 1 heterocycles. The van der Waals surface area contributed by atoms with Crippen molar-refractivity contribution in [2.24, 2.45) is 5.92 Å². The van der Waals surface area contributed by atoms with Crippen LogP contribution in [0.15, 0.2) is 54.6 Å². The van der Waals surface area contributed by atoms with Crippen LogP contribution in [0.4, 0.5) is 0 Å². The van der Waals surface area contributed by atoms with Gasteiger partial charge >= 0.3 is 0 Å². The highest BCUT2D eigenvalue weighted by Crippen LogP contribution is 2.51. The molecular weight excluding hydrogens is 326 g/mol. The summed E-state index contributed by atoms with van der Waals surface area (Å²) in [5.74, 6) is 2.06. The van der Waals surface area contributed by atoms with Crippen LogP contribution in [0, 0.1) is 5.92 Å². The summed E-state index contributed by atoms with van der Waals surface area (Å²) in [6.07, 6.45) is 1.28. The van der Waals surface area contributed by atoms with Gasteiger partial charge in [0.15, 0.2) is 0 Å². The van der Waals surface area contributed by atoms with Crippen LogP contribution in [0.2, 0.25) is 0 Å². The smallest absolute Gasteiger partial charge is 0.0138 e. The van der Waals surface area contributed by atoms with Gasteiger partial charge in [-0.05, 0) is 48.0 Å². The number of nitrogens with one attached hydrogen (secondary N) is 1. The van der Waals surface area contributed by atoms with Crippen LogP contribution in [-0.2, 0) is 0 Å². The van der Waals surface area contributed by atoms with Crippen LogP contribution in [0.25, 0.3) is 0 Å². The molecule has 0 radical (unpaired) electrons. The summed E-state index contributed by atoms with van der Waals surface area (Å²) in [4.78, 5) is 0. The Bertz CT molecular complexity index is 587. The maximum atomic E-state index is 3.59. The molecule has 2 aromatic carbocycles. The van der Waals surface area contributed by atoms with Gasteiger partial charge in [0.25, 0.3) is 0 Å². The second-order valence-electron chi connectivity index (χ2n) is 5.78. The highest BCUT2D eigenvalue weighted by atomic mass is 79.9. The SMILES string of the molecule is Br.O.c1ccc(C2c3ccccc3[C@@H]3CCNC[C@H]23)cc1. The predicted molar refractivity (Wildman–Crippen MR) is 92.4 cm³/mol. The number of hydrogen-bond donors (Lipinski definition) is 1. The van der Waals surface area contributed by atoms with Gasteiger partial charge in [-0.2, -0.15) is 0 Å². The summed E-state index contributed by atoms with van der Waals surface area (Å²) in [5, 5.41) is 3.59. The van der Waals surface area contributed by atoms with Crippen molar-refractivity contribution in [3.05, 3.63) is 71.3 Å². The second kappa shape index (κ2) is 6.73. The minimum atomic E-state index is 0. The standard InChI is InChI=1S/C18H19N.BrH.H2O/c1-2-6-13(7-3-1)18-16-9-5-4-8-14(16)15-10-11-19-12-17(15)18;;/h1-9,15,17-19H,10-12H2;1H;1H2/t15-,17-,18?;;/m0../s1. The van der Waals surface area contributed by atoms with Gasteiger partial charge in [0, 0.05) is 5.92 Å². The molecule has 1 unspecified atom stereocenters. The highest BCUT2D eigenvalue weighted by molar-refractivity contribution is 8.93. The van der Waals surface area contributed by atoms with Gasteiger partial charge in [0.05, 0.1) is 0 Å². The first-order valence-electron chi connectivity index (χ1n) is 7.29. The molecule has 2 aromatic rings. The van der Waals surface area contributed by atoms with E-state index in [2.05, 4.69) is 59.9 Å². The maximum Gasteiger partial charge on any atom is 0.0138 e. The van der Waals surface area contributed by atoms with Crippen molar-refractivity contribution in [3.63, 3.8) is 0 Å². The fourth-order valence-corrected chi connectivity index (χ4v) is 4.07. The Balaban J connectivity index is 0.000000807. The number of fused-ring (bicyclic) bond motifs is 3. The largest absolute Gasteiger partial charge is 0.412 e. The third-order valence-corrected chi connectivity index (χ3v) is 4.85. The molecule has 2 aliphatic rings. The Morgan fingerprint density at radius 1 is 0.857 bits per heavy atom. The van der Waals surface area contributed by atoms with Crippen LogP contribution in [0.3, 0.4) is 0 Å². The quantitative estimate of drug-likeness (QED) is 0.845. The zero-order valence-corrected chi connectivity index (χ0v) is 13.7. The lowest BCUT2D eigenvalue weighted by Crippen LogP contribution is -2.35. The summed E-state index contributed by atoms with van der Waals surface area (Å²) < 4.78 is 0. The van der Waals surface area contributed by atoms with E-state index in [0.717, 1.165) is 24.9 Å². The zero-order chi connectivity index (χ0) is 12.7. The molecule has 2 nitrogen and oxygen atoms in total.